The van der Waals surface area contributed by atoms with Gasteiger partial charge in [-0.15, -0.1) is 0 Å². The summed E-state index contributed by atoms with van der Waals surface area (Å²) in [4.78, 5) is 0. The second-order valence-electron chi connectivity index (χ2n) is 6.43. The van der Waals surface area contributed by atoms with Crippen LogP contribution in [-0.4, -0.2) is 4.57 Å². The van der Waals surface area contributed by atoms with Crippen LogP contribution in [0.1, 0.15) is 0 Å². The number of fused-ring (bicyclic) bond motifs is 3. The third kappa shape index (κ3) is 2.40. The molecule has 1 heterocycles. The third-order valence-electron chi connectivity index (χ3n) is 4.85. The van der Waals surface area contributed by atoms with Crippen LogP contribution in [0.5, 0.6) is 0 Å². The Morgan fingerprint density at radius 3 is 2.15 bits per heavy atom. The van der Waals surface area contributed by atoms with E-state index in [1.165, 1.54) is 32.9 Å². The first-order valence-corrected chi connectivity index (χ1v) is 9.04. The van der Waals surface area contributed by atoms with Crippen LogP contribution in [0.15, 0.2) is 97.1 Å². The molecular formula is C24H16ClN. The number of rotatable bonds is 2. The number of hydrogen-bond donors (Lipinski definition) is 0. The van der Waals surface area contributed by atoms with Crippen molar-refractivity contribution in [3.63, 3.8) is 0 Å². The van der Waals surface area contributed by atoms with E-state index in [1.54, 1.807) is 0 Å². The van der Waals surface area contributed by atoms with Crippen molar-refractivity contribution in [2.75, 3.05) is 0 Å². The monoisotopic (exact) mass is 353 g/mol. The van der Waals surface area contributed by atoms with Crippen molar-refractivity contribution >= 4 is 33.4 Å². The molecular weight excluding hydrogens is 338 g/mol. The zero-order chi connectivity index (χ0) is 17.5. The first-order valence-electron chi connectivity index (χ1n) is 8.66. The van der Waals surface area contributed by atoms with Gasteiger partial charge in [0.05, 0.1) is 11.0 Å². The van der Waals surface area contributed by atoms with E-state index >= 15 is 0 Å². The van der Waals surface area contributed by atoms with Gasteiger partial charge in [0.15, 0.2) is 0 Å². The molecule has 1 aromatic heterocycles. The minimum Gasteiger partial charge on any atom is -0.309 e. The normalized spacial score (nSPS) is 11.3. The molecule has 5 aromatic rings. The number of halogens is 1. The Morgan fingerprint density at radius 1 is 0.538 bits per heavy atom. The highest BCUT2D eigenvalue weighted by atomic mass is 35.5. The van der Waals surface area contributed by atoms with E-state index in [2.05, 4.69) is 77.4 Å². The lowest BCUT2D eigenvalue weighted by atomic mass is 10.0. The third-order valence-corrected chi connectivity index (χ3v) is 5.08. The quantitative estimate of drug-likeness (QED) is 0.319. The number of benzene rings is 4. The fourth-order valence-corrected chi connectivity index (χ4v) is 3.86. The van der Waals surface area contributed by atoms with Crippen molar-refractivity contribution in [3.8, 4) is 16.8 Å². The summed E-state index contributed by atoms with van der Waals surface area (Å²) in [6, 6.07) is 33.7. The first-order chi connectivity index (χ1) is 12.8. The molecule has 0 unspecified atom stereocenters. The van der Waals surface area contributed by atoms with Crippen molar-refractivity contribution in [3.05, 3.63) is 102 Å². The maximum Gasteiger partial charge on any atom is 0.0541 e. The largest absolute Gasteiger partial charge is 0.309 e. The maximum absolute atomic E-state index is 6.26. The Hall–Kier alpha value is -3.03. The highest BCUT2D eigenvalue weighted by molar-refractivity contribution is 6.30. The molecule has 0 amide bonds. The molecule has 0 spiro atoms. The molecule has 0 N–H and O–H groups in total. The molecule has 0 fully saturated rings. The van der Waals surface area contributed by atoms with E-state index < -0.39 is 0 Å². The standard InChI is InChI=1S/C24H16ClN/c25-19-9-6-10-20(16-19)26-23-12-5-4-11-21(23)22-15-18(13-14-24(22)26)17-7-2-1-3-8-17/h1-16H. The van der Waals surface area contributed by atoms with Gasteiger partial charge < -0.3 is 4.57 Å². The molecule has 0 atom stereocenters. The van der Waals surface area contributed by atoms with Crippen LogP contribution in [0.25, 0.3) is 38.6 Å². The topological polar surface area (TPSA) is 4.93 Å². The Labute approximate surface area is 157 Å². The molecule has 0 bridgehead atoms. The van der Waals surface area contributed by atoms with Crippen LogP contribution in [-0.2, 0) is 0 Å². The zero-order valence-electron chi connectivity index (χ0n) is 14.1. The van der Waals surface area contributed by atoms with Crippen molar-refractivity contribution < 1.29 is 0 Å². The zero-order valence-corrected chi connectivity index (χ0v) is 14.8. The van der Waals surface area contributed by atoms with Crippen LogP contribution < -0.4 is 0 Å². The Bertz CT molecular complexity index is 1240. The Kier molecular flexibility index (Phi) is 3.55. The van der Waals surface area contributed by atoms with Gasteiger partial charge in [-0.25, -0.2) is 0 Å². The lowest BCUT2D eigenvalue weighted by molar-refractivity contribution is 1.18. The first kappa shape index (κ1) is 15.2. The van der Waals surface area contributed by atoms with E-state index in [4.69, 9.17) is 11.6 Å². The van der Waals surface area contributed by atoms with Gasteiger partial charge >= 0.3 is 0 Å². The second-order valence-corrected chi connectivity index (χ2v) is 6.87. The molecule has 1 nitrogen and oxygen atoms in total. The average Bonchev–Trinajstić information content (AvgIpc) is 3.02. The lowest BCUT2D eigenvalue weighted by Gasteiger charge is -2.08. The molecule has 26 heavy (non-hydrogen) atoms. The number of aromatic nitrogens is 1. The minimum atomic E-state index is 0.745. The Morgan fingerprint density at radius 2 is 1.31 bits per heavy atom. The highest BCUT2D eigenvalue weighted by Gasteiger charge is 2.13. The summed E-state index contributed by atoms with van der Waals surface area (Å²) in [5, 5.41) is 3.25. The van der Waals surface area contributed by atoms with E-state index in [0.29, 0.717) is 0 Å². The summed E-state index contributed by atoms with van der Waals surface area (Å²) >= 11 is 6.26. The van der Waals surface area contributed by atoms with E-state index in [9.17, 15) is 0 Å². The van der Waals surface area contributed by atoms with Gasteiger partial charge in [-0.3, -0.25) is 0 Å². The van der Waals surface area contributed by atoms with E-state index in [1.807, 2.05) is 24.3 Å². The molecule has 0 saturated carbocycles. The van der Waals surface area contributed by atoms with Crippen molar-refractivity contribution in [2.24, 2.45) is 0 Å². The molecule has 124 valence electrons. The fraction of sp³-hybridized carbons (Fsp3) is 0. The van der Waals surface area contributed by atoms with Crippen molar-refractivity contribution in [1.29, 1.82) is 0 Å². The molecule has 5 rings (SSSR count). The lowest BCUT2D eigenvalue weighted by Crippen LogP contribution is -1.93. The maximum atomic E-state index is 6.26. The molecule has 0 aliphatic heterocycles. The van der Waals surface area contributed by atoms with Crippen molar-refractivity contribution in [1.82, 2.24) is 4.57 Å². The summed E-state index contributed by atoms with van der Waals surface area (Å²) in [5.41, 5.74) is 5.92. The van der Waals surface area contributed by atoms with Gasteiger partial charge in [0.25, 0.3) is 0 Å². The van der Waals surface area contributed by atoms with Gasteiger partial charge in [-0.1, -0.05) is 72.3 Å². The highest BCUT2D eigenvalue weighted by Crippen LogP contribution is 2.35. The van der Waals surface area contributed by atoms with Crippen LogP contribution in [0.3, 0.4) is 0 Å². The van der Waals surface area contributed by atoms with Gasteiger partial charge in [0, 0.05) is 21.5 Å². The van der Waals surface area contributed by atoms with Crippen LogP contribution in [0.2, 0.25) is 5.02 Å². The van der Waals surface area contributed by atoms with E-state index in [-0.39, 0.29) is 0 Å². The fourth-order valence-electron chi connectivity index (χ4n) is 3.68. The van der Waals surface area contributed by atoms with Crippen LogP contribution in [0.4, 0.5) is 0 Å². The number of nitrogens with zero attached hydrogens (tertiary/aromatic N) is 1. The minimum absolute atomic E-state index is 0.745. The summed E-state index contributed by atoms with van der Waals surface area (Å²) in [5.74, 6) is 0. The van der Waals surface area contributed by atoms with Gasteiger partial charge in [-0.2, -0.15) is 0 Å². The number of para-hydroxylation sites is 1. The molecule has 0 aliphatic rings. The summed E-state index contributed by atoms with van der Waals surface area (Å²) in [7, 11) is 0. The molecule has 0 aliphatic carbocycles. The molecule has 2 heteroatoms. The predicted octanol–water partition coefficient (Wildman–Crippen LogP) is 7.10. The summed E-state index contributed by atoms with van der Waals surface area (Å²) in [6.45, 7) is 0. The van der Waals surface area contributed by atoms with Gasteiger partial charge in [-0.05, 0) is 47.5 Å². The van der Waals surface area contributed by atoms with Gasteiger partial charge in [0.2, 0.25) is 0 Å². The molecule has 4 aromatic carbocycles. The SMILES string of the molecule is Clc1cccc(-n2c3ccccc3c3cc(-c4ccccc4)ccc32)c1. The molecule has 0 saturated heterocycles. The summed E-state index contributed by atoms with van der Waals surface area (Å²) < 4.78 is 2.28. The van der Waals surface area contributed by atoms with Crippen LogP contribution in [0, 0.1) is 0 Å². The van der Waals surface area contributed by atoms with Gasteiger partial charge in [0.1, 0.15) is 0 Å². The molecule has 0 radical (unpaired) electrons. The number of hydrogen-bond acceptors (Lipinski definition) is 0. The predicted molar refractivity (Wildman–Crippen MR) is 111 cm³/mol. The Balaban J connectivity index is 1.85. The second kappa shape index (κ2) is 6.05. The van der Waals surface area contributed by atoms with E-state index in [0.717, 1.165) is 10.7 Å². The summed E-state index contributed by atoms with van der Waals surface area (Å²) in [6.07, 6.45) is 0. The average molecular weight is 354 g/mol. The van der Waals surface area contributed by atoms with Crippen LogP contribution >= 0.6 is 11.6 Å². The van der Waals surface area contributed by atoms with Crippen molar-refractivity contribution in [2.45, 2.75) is 0 Å². The smallest absolute Gasteiger partial charge is 0.0541 e.